The number of carbonyl (C=O) groups is 1. The average Bonchev–Trinajstić information content (AvgIpc) is 3.02. The summed E-state index contributed by atoms with van der Waals surface area (Å²) in [6.07, 6.45) is 0.302. The van der Waals surface area contributed by atoms with Crippen molar-refractivity contribution >= 4 is 17.7 Å². The number of aromatic nitrogens is 1. The molecule has 1 unspecified atom stereocenters. The van der Waals surface area contributed by atoms with E-state index in [1.165, 1.54) is 5.56 Å². The molecule has 1 saturated heterocycles. The Balaban J connectivity index is 1.72. The lowest BCUT2D eigenvalue weighted by Gasteiger charge is -2.32. The summed E-state index contributed by atoms with van der Waals surface area (Å²) in [7, 11) is 0. The van der Waals surface area contributed by atoms with Crippen LogP contribution in [0.25, 0.3) is 0 Å². The number of carbonyl (C=O) groups excluding carboxylic acids is 1. The summed E-state index contributed by atoms with van der Waals surface area (Å²) in [4.78, 5) is 19.1. The summed E-state index contributed by atoms with van der Waals surface area (Å²) in [6, 6.07) is 14.0. The number of halogens is 1. The minimum atomic E-state index is -0.578. The standard InChI is InChI=1S/C23H30ClN3O3/c1-17-10-11-19(20(24)25-17)29-16-23(26-21(28)30-22(2,3)4)12-13-27(15-23)14-18-8-6-5-7-9-18/h5-11H,12-16H2,1-4H3,(H,26,28). The zero-order valence-corrected chi connectivity index (χ0v) is 18.8. The summed E-state index contributed by atoms with van der Waals surface area (Å²) in [5.41, 5.74) is 0.908. The maximum absolute atomic E-state index is 12.6. The molecule has 0 bridgehead atoms. The van der Waals surface area contributed by atoms with Gasteiger partial charge in [0.05, 0.1) is 5.54 Å². The van der Waals surface area contributed by atoms with Crippen molar-refractivity contribution in [3.8, 4) is 5.75 Å². The fourth-order valence-electron chi connectivity index (χ4n) is 3.55. The first-order valence-electron chi connectivity index (χ1n) is 10.2. The van der Waals surface area contributed by atoms with Crippen LogP contribution < -0.4 is 10.1 Å². The van der Waals surface area contributed by atoms with Gasteiger partial charge in [0.2, 0.25) is 0 Å². The highest BCUT2D eigenvalue weighted by atomic mass is 35.5. The zero-order chi connectivity index (χ0) is 21.8. The van der Waals surface area contributed by atoms with Crippen LogP contribution in [0, 0.1) is 6.92 Å². The van der Waals surface area contributed by atoms with Gasteiger partial charge in [-0.2, -0.15) is 0 Å². The largest absolute Gasteiger partial charge is 0.488 e. The molecule has 1 atom stereocenters. The number of benzene rings is 1. The molecule has 2 heterocycles. The SMILES string of the molecule is Cc1ccc(OCC2(NC(=O)OC(C)(C)C)CCN(Cc3ccccc3)C2)c(Cl)n1. The number of aryl methyl sites for hydroxylation is 1. The maximum atomic E-state index is 12.6. The first kappa shape index (κ1) is 22.4. The van der Waals surface area contributed by atoms with Gasteiger partial charge >= 0.3 is 6.09 Å². The molecule has 1 aromatic carbocycles. The quantitative estimate of drug-likeness (QED) is 0.677. The number of likely N-dealkylation sites (tertiary alicyclic amines) is 1. The van der Waals surface area contributed by atoms with Crippen molar-refractivity contribution in [2.75, 3.05) is 19.7 Å². The third-order valence-corrected chi connectivity index (χ3v) is 5.18. The molecule has 0 saturated carbocycles. The van der Waals surface area contributed by atoms with Crippen molar-refractivity contribution in [2.24, 2.45) is 0 Å². The number of alkyl carbamates (subject to hydrolysis) is 1. The van der Waals surface area contributed by atoms with E-state index < -0.39 is 17.2 Å². The van der Waals surface area contributed by atoms with E-state index in [1.54, 1.807) is 0 Å². The molecular formula is C23H30ClN3O3. The van der Waals surface area contributed by atoms with Gasteiger partial charge in [-0.25, -0.2) is 9.78 Å². The van der Waals surface area contributed by atoms with Crippen LogP contribution in [0.3, 0.4) is 0 Å². The van der Waals surface area contributed by atoms with Crippen LogP contribution >= 0.6 is 11.6 Å². The normalized spacial score (nSPS) is 19.5. The third-order valence-electron chi connectivity index (χ3n) is 4.91. The Bertz CT molecular complexity index is 870. The fourth-order valence-corrected chi connectivity index (χ4v) is 3.80. The van der Waals surface area contributed by atoms with Gasteiger partial charge in [-0.15, -0.1) is 0 Å². The zero-order valence-electron chi connectivity index (χ0n) is 18.1. The predicted molar refractivity (Wildman–Crippen MR) is 118 cm³/mol. The summed E-state index contributed by atoms with van der Waals surface area (Å²) in [5, 5.41) is 3.40. The molecule has 1 fully saturated rings. The molecule has 2 aromatic rings. The summed E-state index contributed by atoms with van der Waals surface area (Å²) in [6.45, 7) is 10.0. The van der Waals surface area contributed by atoms with E-state index in [0.29, 0.717) is 17.4 Å². The Kier molecular flexibility index (Phi) is 6.88. The van der Waals surface area contributed by atoms with Gasteiger partial charge in [-0.05, 0) is 51.8 Å². The highest BCUT2D eigenvalue weighted by molar-refractivity contribution is 6.30. The Hall–Kier alpha value is -2.31. The third kappa shape index (κ3) is 6.34. The lowest BCUT2D eigenvalue weighted by Crippen LogP contribution is -2.55. The monoisotopic (exact) mass is 431 g/mol. The average molecular weight is 432 g/mol. The molecular weight excluding hydrogens is 402 g/mol. The molecule has 1 N–H and O–H groups in total. The number of hydrogen-bond acceptors (Lipinski definition) is 5. The van der Waals surface area contributed by atoms with E-state index in [4.69, 9.17) is 21.1 Å². The van der Waals surface area contributed by atoms with Gasteiger partial charge in [0.25, 0.3) is 0 Å². The molecule has 0 aliphatic carbocycles. The molecule has 30 heavy (non-hydrogen) atoms. The van der Waals surface area contributed by atoms with Crippen molar-refractivity contribution in [1.29, 1.82) is 0 Å². The molecule has 1 aliphatic heterocycles. The minimum absolute atomic E-state index is 0.280. The van der Waals surface area contributed by atoms with Gasteiger partial charge in [-0.1, -0.05) is 41.9 Å². The van der Waals surface area contributed by atoms with E-state index in [0.717, 1.165) is 25.2 Å². The molecule has 1 aliphatic rings. The van der Waals surface area contributed by atoms with Gasteiger partial charge in [0.1, 0.15) is 12.2 Å². The highest BCUT2D eigenvalue weighted by Gasteiger charge is 2.41. The van der Waals surface area contributed by atoms with Gasteiger partial charge in [-0.3, -0.25) is 4.90 Å². The van der Waals surface area contributed by atoms with E-state index >= 15 is 0 Å². The topological polar surface area (TPSA) is 63.7 Å². The van der Waals surface area contributed by atoms with Crippen LogP contribution in [0.15, 0.2) is 42.5 Å². The lowest BCUT2D eigenvalue weighted by atomic mass is 10.00. The van der Waals surface area contributed by atoms with Crippen LogP contribution in [0.4, 0.5) is 4.79 Å². The lowest BCUT2D eigenvalue weighted by molar-refractivity contribution is 0.0417. The Morgan fingerprint density at radius 1 is 1.23 bits per heavy atom. The number of rotatable bonds is 6. The second-order valence-electron chi connectivity index (χ2n) is 8.88. The second kappa shape index (κ2) is 9.23. The Morgan fingerprint density at radius 3 is 2.63 bits per heavy atom. The van der Waals surface area contributed by atoms with E-state index in [1.807, 2.05) is 58.0 Å². The smallest absolute Gasteiger partial charge is 0.408 e. The summed E-state index contributed by atoms with van der Waals surface area (Å²) in [5.74, 6) is 0.508. The molecule has 0 radical (unpaired) electrons. The minimum Gasteiger partial charge on any atom is -0.488 e. The number of nitrogens with zero attached hydrogens (tertiary/aromatic N) is 2. The van der Waals surface area contributed by atoms with Crippen LogP contribution in [-0.4, -0.2) is 46.8 Å². The van der Waals surface area contributed by atoms with Gasteiger partial charge in [0, 0.05) is 25.3 Å². The van der Waals surface area contributed by atoms with Crippen LogP contribution in [-0.2, 0) is 11.3 Å². The molecule has 6 nitrogen and oxygen atoms in total. The van der Waals surface area contributed by atoms with Crippen molar-refractivity contribution in [3.63, 3.8) is 0 Å². The molecule has 7 heteroatoms. The highest BCUT2D eigenvalue weighted by Crippen LogP contribution is 2.28. The summed E-state index contributed by atoms with van der Waals surface area (Å²) >= 11 is 6.23. The number of ether oxygens (including phenoxy) is 2. The van der Waals surface area contributed by atoms with E-state index in [-0.39, 0.29) is 6.61 Å². The predicted octanol–water partition coefficient (Wildman–Crippen LogP) is 4.59. The second-order valence-corrected chi connectivity index (χ2v) is 9.24. The maximum Gasteiger partial charge on any atom is 0.408 e. The number of hydrogen-bond donors (Lipinski definition) is 1. The van der Waals surface area contributed by atoms with Gasteiger partial charge < -0.3 is 14.8 Å². The Labute approximate surface area is 183 Å². The first-order valence-corrected chi connectivity index (χ1v) is 10.6. The van der Waals surface area contributed by atoms with Crippen molar-refractivity contribution in [2.45, 2.75) is 51.8 Å². The molecule has 0 spiro atoms. The van der Waals surface area contributed by atoms with Crippen LogP contribution in [0.5, 0.6) is 5.75 Å². The molecule has 3 rings (SSSR count). The van der Waals surface area contributed by atoms with Crippen LogP contribution in [0.1, 0.15) is 38.4 Å². The Morgan fingerprint density at radius 2 is 1.97 bits per heavy atom. The van der Waals surface area contributed by atoms with Crippen molar-refractivity contribution < 1.29 is 14.3 Å². The first-order chi connectivity index (χ1) is 14.1. The fraction of sp³-hybridized carbons (Fsp3) is 0.478. The molecule has 162 valence electrons. The van der Waals surface area contributed by atoms with Crippen molar-refractivity contribution in [3.05, 3.63) is 58.9 Å². The number of nitrogens with one attached hydrogen (secondary N) is 1. The van der Waals surface area contributed by atoms with Crippen LogP contribution in [0.2, 0.25) is 5.15 Å². The summed E-state index contributed by atoms with van der Waals surface area (Å²) < 4.78 is 11.5. The molecule has 1 amide bonds. The van der Waals surface area contributed by atoms with Crippen molar-refractivity contribution in [1.82, 2.24) is 15.2 Å². The van der Waals surface area contributed by atoms with E-state index in [2.05, 4.69) is 27.3 Å². The van der Waals surface area contributed by atoms with Gasteiger partial charge in [0.15, 0.2) is 10.9 Å². The number of pyridine rings is 1. The van der Waals surface area contributed by atoms with E-state index in [9.17, 15) is 4.79 Å². The number of amides is 1. The molecule has 1 aromatic heterocycles.